The van der Waals surface area contributed by atoms with Gasteiger partial charge in [-0.3, -0.25) is 14.4 Å². The van der Waals surface area contributed by atoms with Crippen LogP contribution in [0.1, 0.15) is 83.8 Å². The van der Waals surface area contributed by atoms with Gasteiger partial charge in [0, 0.05) is 44.8 Å². The molecule has 0 bridgehead atoms. The zero-order valence-corrected chi connectivity index (χ0v) is 33.7. The Morgan fingerprint density at radius 2 is 1.61 bits per heavy atom. The molecule has 0 saturated carbocycles. The molecule has 3 N–H and O–H groups in total. The van der Waals surface area contributed by atoms with Gasteiger partial charge in [-0.25, -0.2) is 4.79 Å². The van der Waals surface area contributed by atoms with Crippen molar-refractivity contribution in [1.82, 2.24) is 16.0 Å². The fourth-order valence-corrected chi connectivity index (χ4v) is 8.17. The van der Waals surface area contributed by atoms with Gasteiger partial charge < -0.3 is 39.6 Å². The van der Waals surface area contributed by atoms with Crippen molar-refractivity contribution in [3.8, 4) is 11.1 Å². The van der Waals surface area contributed by atoms with Crippen LogP contribution in [0, 0.1) is 5.92 Å². The molecular formula is C45H57N3O9. The molecule has 0 radical (unpaired) electrons. The first-order chi connectivity index (χ1) is 27.4. The van der Waals surface area contributed by atoms with Gasteiger partial charge in [0.05, 0.1) is 49.1 Å². The first-order valence-corrected chi connectivity index (χ1v) is 20.2. The minimum Gasteiger partial charge on any atom is -0.459 e. The Balaban J connectivity index is 0.888. The first kappa shape index (κ1) is 41.8. The van der Waals surface area contributed by atoms with Crippen LogP contribution in [0.25, 0.3) is 11.1 Å². The van der Waals surface area contributed by atoms with E-state index in [0.29, 0.717) is 13.0 Å². The van der Waals surface area contributed by atoms with E-state index in [4.69, 9.17) is 23.7 Å². The molecule has 4 aliphatic rings. The number of ether oxygens (including phenoxy) is 5. The summed E-state index contributed by atoms with van der Waals surface area (Å²) in [6, 6.07) is 16.3. The Kier molecular flexibility index (Phi) is 14.0. The highest BCUT2D eigenvalue weighted by Crippen LogP contribution is 2.45. The number of esters is 1. The Morgan fingerprint density at radius 3 is 2.30 bits per heavy atom. The molecule has 12 heteroatoms. The van der Waals surface area contributed by atoms with Crippen LogP contribution in [-0.2, 0) is 38.1 Å². The molecule has 1 spiro atoms. The zero-order chi connectivity index (χ0) is 40.5. The highest BCUT2D eigenvalue weighted by Gasteiger charge is 2.51. The van der Waals surface area contributed by atoms with E-state index in [1.807, 2.05) is 44.2 Å². The fraction of sp³-hybridized carbons (Fsp3) is 0.511. The second-order valence-corrected chi connectivity index (χ2v) is 15.9. The number of epoxide rings is 1. The minimum atomic E-state index is -0.516. The highest BCUT2D eigenvalue weighted by atomic mass is 16.6. The summed E-state index contributed by atoms with van der Waals surface area (Å²) in [6.07, 6.45) is 10.8. The van der Waals surface area contributed by atoms with Crippen LogP contribution in [0.3, 0.4) is 0 Å². The fourth-order valence-electron chi connectivity index (χ4n) is 8.17. The van der Waals surface area contributed by atoms with E-state index in [0.717, 1.165) is 36.0 Å². The number of carbonyl (C=O) groups is 4. The van der Waals surface area contributed by atoms with E-state index >= 15 is 0 Å². The quantitative estimate of drug-likeness (QED) is 0.0645. The van der Waals surface area contributed by atoms with Crippen LogP contribution < -0.4 is 16.0 Å². The smallest absolute Gasteiger partial charge is 0.407 e. The lowest BCUT2D eigenvalue weighted by molar-refractivity contribution is -0.143. The molecule has 6 rings (SSSR count). The van der Waals surface area contributed by atoms with Crippen molar-refractivity contribution in [3.63, 3.8) is 0 Å². The Labute approximate surface area is 335 Å². The summed E-state index contributed by atoms with van der Waals surface area (Å²) in [5.74, 6) is -0.569. The van der Waals surface area contributed by atoms with Crippen molar-refractivity contribution in [2.45, 2.75) is 115 Å². The van der Waals surface area contributed by atoms with Crippen molar-refractivity contribution in [1.29, 1.82) is 0 Å². The minimum absolute atomic E-state index is 0.0157. The van der Waals surface area contributed by atoms with Gasteiger partial charge in [-0.1, -0.05) is 79.3 Å². The van der Waals surface area contributed by atoms with Gasteiger partial charge in [0.15, 0.2) is 0 Å². The van der Waals surface area contributed by atoms with Crippen molar-refractivity contribution in [3.05, 3.63) is 95.6 Å². The number of fused-ring (bicyclic) bond motifs is 3. The topological polar surface area (TPSA) is 154 Å². The molecule has 0 unspecified atom stereocenters. The lowest BCUT2D eigenvalue weighted by Crippen LogP contribution is -2.50. The summed E-state index contributed by atoms with van der Waals surface area (Å²) in [5.41, 5.74) is 5.49. The molecule has 12 nitrogen and oxygen atoms in total. The van der Waals surface area contributed by atoms with E-state index < -0.39 is 18.2 Å². The molecule has 3 saturated heterocycles. The summed E-state index contributed by atoms with van der Waals surface area (Å²) in [6.45, 7) is 10.6. The third-order valence-electron chi connectivity index (χ3n) is 11.2. The summed E-state index contributed by atoms with van der Waals surface area (Å²) in [4.78, 5) is 49.0. The molecule has 3 fully saturated rings. The average Bonchev–Trinajstić information content (AvgIpc) is 3.83. The molecule has 2 aromatic carbocycles. The highest BCUT2D eigenvalue weighted by molar-refractivity contribution is 5.88. The normalized spacial score (nSPS) is 27.4. The molecule has 57 heavy (non-hydrogen) atoms. The van der Waals surface area contributed by atoms with Crippen molar-refractivity contribution in [2.24, 2.45) is 5.92 Å². The molecule has 306 valence electrons. The molecule has 8 atom stereocenters. The van der Waals surface area contributed by atoms with Crippen LogP contribution in [0.4, 0.5) is 4.79 Å². The van der Waals surface area contributed by atoms with Gasteiger partial charge in [0.1, 0.15) is 12.7 Å². The Hall–Kier alpha value is -4.78. The van der Waals surface area contributed by atoms with Gasteiger partial charge in [0.25, 0.3) is 0 Å². The Bertz CT molecular complexity index is 1810. The summed E-state index contributed by atoms with van der Waals surface area (Å²) >= 11 is 0. The third-order valence-corrected chi connectivity index (χ3v) is 11.2. The van der Waals surface area contributed by atoms with Crippen LogP contribution in [0.5, 0.6) is 0 Å². The molecule has 2 aromatic rings. The first-order valence-electron chi connectivity index (χ1n) is 20.2. The maximum Gasteiger partial charge on any atom is 0.407 e. The maximum atomic E-state index is 12.9. The van der Waals surface area contributed by atoms with Crippen LogP contribution in [0.2, 0.25) is 0 Å². The molecule has 0 aromatic heterocycles. The molecule has 3 heterocycles. The average molecular weight is 784 g/mol. The monoisotopic (exact) mass is 783 g/mol. The van der Waals surface area contributed by atoms with E-state index in [1.165, 1.54) is 24.1 Å². The van der Waals surface area contributed by atoms with Gasteiger partial charge in [-0.05, 0) is 67.9 Å². The number of carbonyl (C=O) groups excluding carboxylic acids is 4. The van der Waals surface area contributed by atoms with Crippen LogP contribution in [0.15, 0.2) is 84.5 Å². The number of alkyl carbamates (subject to hydrolysis) is 1. The van der Waals surface area contributed by atoms with Crippen molar-refractivity contribution in [2.75, 3.05) is 26.3 Å². The number of nitrogens with one attached hydrogen (secondary N) is 3. The standard InChI is InChI=1S/C45H57N3O9/c1-28(15-18-41-29(2)22-40(31(4)56-41)48-42(50)19-16-30(3)55-32(5)49)14-17-33-24-45(27-54-45)25-34(57-33)23-43(51)46-20-21-47-44(52)53-26-39-37-12-8-6-10-35(37)36-11-7-9-13-38(36)39/h6-17,19,29-31,33-34,39-41H,18,20-27H2,1-5H3,(H,46,51)(H,47,52)(H,48,50)/b17-14+,19-16-,28-15+/t29-,30-,31+,33+,34+,40+,41-,45+/m0/s1. The number of hydrogen-bond acceptors (Lipinski definition) is 9. The molecule has 1 aliphatic carbocycles. The molecular weight excluding hydrogens is 727 g/mol. The van der Waals surface area contributed by atoms with Crippen LogP contribution >= 0.6 is 0 Å². The maximum absolute atomic E-state index is 12.9. The van der Waals surface area contributed by atoms with Crippen LogP contribution in [-0.4, -0.2) is 92.3 Å². The lowest BCUT2D eigenvalue weighted by Gasteiger charge is -2.39. The largest absolute Gasteiger partial charge is 0.459 e. The van der Waals surface area contributed by atoms with E-state index in [-0.39, 0.29) is 85.8 Å². The van der Waals surface area contributed by atoms with Gasteiger partial charge in [0.2, 0.25) is 11.8 Å². The van der Waals surface area contributed by atoms with Gasteiger partial charge in [-0.15, -0.1) is 0 Å². The zero-order valence-electron chi connectivity index (χ0n) is 33.7. The molecule has 3 aliphatic heterocycles. The number of benzene rings is 2. The van der Waals surface area contributed by atoms with E-state index in [1.54, 1.807) is 13.0 Å². The second kappa shape index (κ2) is 19.1. The number of rotatable bonds is 15. The van der Waals surface area contributed by atoms with Crippen molar-refractivity contribution >= 4 is 23.9 Å². The van der Waals surface area contributed by atoms with Gasteiger partial charge in [-0.2, -0.15) is 0 Å². The second-order valence-electron chi connectivity index (χ2n) is 15.9. The Morgan fingerprint density at radius 1 is 0.930 bits per heavy atom. The number of allylic oxidation sites excluding steroid dienone is 2. The predicted molar refractivity (Wildman–Crippen MR) is 215 cm³/mol. The molecule has 3 amide bonds. The summed E-state index contributed by atoms with van der Waals surface area (Å²) in [5, 5.41) is 8.67. The SMILES string of the molecule is CC(=O)O[C@@H](C)/C=C\C(=O)N[C@@H]1C[C@H](C)[C@H](C/C=C(C)/C=C/[C@@H]2C[C@]3(CO3)C[C@@H](CC(=O)NCCNC(=O)OCC3c4ccccc4-c4ccccc43)O2)O[C@@H]1C. The lowest BCUT2D eigenvalue weighted by atomic mass is 9.88. The number of amides is 3. The van der Waals surface area contributed by atoms with Crippen molar-refractivity contribution < 1.29 is 42.9 Å². The summed E-state index contributed by atoms with van der Waals surface area (Å²) in [7, 11) is 0. The van der Waals surface area contributed by atoms with E-state index in [2.05, 4.69) is 59.3 Å². The summed E-state index contributed by atoms with van der Waals surface area (Å²) < 4.78 is 29.2. The van der Waals surface area contributed by atoms with Gasteiger partial charge >= 0.3 is 12.1 Å². The number of hydrogen-bond donors (Lipinski definition) is 3. The third kappa shape index (κ3) is 11.6. The predicted octanol–water partition coefficient (Wildman–Crippen LogP) is 6.05. The van der Waals surface area contributed by atoms with E-state index in [9.17, 15) is 19.2 Å².